The molecule has 0 spiro atoms. The minimum Gasteiger partial charge on any atom is -0.497 e. The molecule has 4 rings (SSSR count). The fourth-order valence-corrected chi connectivity index (χ4v) is 3.94. The number of Topliss-reactive ketones (excluding diaryl/α,β-unsaturated/α-hetero) is 1. The van der Waals surface area contributed by atoms with Gasteiger partial charge in [0.2, 0.25) is 11.2 Å². The van der Waals surface area contributed by atoms with Gasteiger partial charge in [-0.3, -0.25) is 14.4 Å². The third-order valence-corrected chi connectivity index (χ3v) is 5.30. The Morgan fingerprint density at radius 3 is 2.21 bits per heavy atom. The molecule has 6 nitrogen and oxygen atoms in total. The van der Waals surface area contributed by atoms with Gasteiger partial charge in [0.15, 0.2) is 11.5 Å². The summed E-state index contributed by atoms with van der Waals surface area (Å²) in [6, 6.07) is 3.40. The molecule has 2 aromatic carbocycles. The fourth-order valence-electron chi connectivity index (χ4n) is 3.94. The van der Waals surface area contributed by atoms with Gasteiger partial charge in [-0.05, 0) is 38.0 Å². The maximum atomic E-state index is 13.3. The van der Waals surface area contributed by atoms with Gasteiger partial charge in [0.1, 0.15) is 16.9 Å². The van der Waals surface area contributed by atoms with Gasteiger partial charge in [0, 0.05) is 28.8 Å². The topological polar surface area (TPSA) is 82.8 Å². The van der Waals surface area contributed by atoms with Gasteiger partial charge < -0.3 is 13.9 Å². The summed E-state index contributed by atoms with van der Waals surface area (Å²) in [5, 5.41) is 0.742. The zero-order valence-corrected chi connectivity index (χ0v) is 16.2. The first-order valence-corrected chi connectivity index (χ1v) is 8.73. The number of ether oxygens (including phenoxy) is 2. The molecule has 1 heterocycles. The number of fused-ring (bicyclic) bond motifs is 3. The van der Waals surface area contributed by atoms with E-state index >= 15 is 0 Å². The van der Waals surface area contributed by atoms with E-state index in [1.54, 1.807) is 32.9 Å². The van der Waals surface area contributed by atoms with Crippen LogP contribution in [0.1, 0.15) is 37.4 Å². The molecule has 0 amide bonds. The van der Waals surface area contributed by atoms with Crippen LogP contribution in [0.5, 0.6) is 5.75 Å². The van der Waals surface area contributed by atoms with Crippen LogP contribution < -0.4 is 10.2 Å². The summed E-state index contributed by atoms with van der Waals surface area (Å²) in [4.78, 5) is 38.9. The second-order valence-corrected chi connectivity index (χ2v) is 6.86. The Morgan fingerprint density at radius 2 is 1.57 bits per heavy atom. The van der Waals surface area contributed by atoms with Crippen molar-refractivity contribution in [3.05, 3.63) is 62.0 Å². The van der Waals surface area contributed by atoms with E-state index in [1.165, 1.54) is 20.3 Å². The summed E-state index contributed by atoms with van der Waals surface area (Å²) in [5.74, 6) is -0.222. The second-order valence-electron chi connectivity index (χ2n) is 6.86. The van der Waals surface area contributed by atoms with E-state index in [0.717, 1.165) is 0 Å². The molecule has 0 radical (unpaired) electrons. The van der Waals surface area contributed by atoms with Crippen LogP contribution in [0.4, 0.5) is 0 Å². The molecule has 0 bridgehead atoms. The molecule has 0 atom stereocenters. The number of ketones is 2. The fraction of sp³-hybridized carbons (Fsp3) is 0.227. The Kier molecular flexibility index (Phi) is 3.89. The third kappa shape index (κ3) is 2.24. The van der Waals surface area contributed by atoms with Crippen molar-refractivity contribution < 1.29 is 23.5 Å². The minimum atomic E-state index is -0.399. The Bertz CT molecular complexity index is 1310. The SMILES string of the molecule is COC1=CC(=O)c2c(c(C)c3oc4cc(OC)cc(C)c4c(=O)c3c2C)C1=O. The summed E-state index contributed by atoms with van der Waals surface area (Å²) in [7, 11) is 2.88. The Morgan fingerprint density at radius 1 is 0.857 bits per heavy atom. The van der Waals surface area contributed by atoms with E-state index in [4.69, 9.17) is 13.9 Å². The molecule has 0 N–H and O–H groups in total. The summed E-state index contributed by atoms with van der Waals surface area (Å²) in [6.45, 7) is 5.14. The average Bonchev–Trinajstić information content (AvgIpc) is 2.66. The predicted molar refractivity (Wildman–Crippen MR) is 105 cm³/mol. The molecule has 1 aliphatic rings. The van der Waals surface area contributed by atoms with Crippen LogP contribution in [0, 0.1) is 20.8 Å². The number of hydrogen-bond donors (Lipinski definition) is 0. The first-order chi connectivity index (χ1) is 13.3. The lowest BCUT2D eigenvalue weighted by molar-refractivity contribution is 0.0916. The Hall–Kier alpha value is -3.41. The van der Waals surface area contributed by atoms with Crippen LogP contribution in [0.3, 0.4) is 0 Å². The highest BCUT2D eigenvalue weighted by Gasteiger charge is 2.33. The molecular weight excluding hydrogens is 360 g/mol. The van der Waals surface area contributed by atoms with Gasteiger partial charge in [-0.1, -0.05) is 0 Å². The van der Waals surface area contributed by atoms with Crippen molar-refractivity contribution in [1.82, 2.24) is 0 Å². The van der Waals surface area contributed by atoms with Gasteiger partial charge in [0.05, 0.1) is 25.0 Å². The molecule has 28 heavy (non-hydrogen) atoms. The molecule has 3 aromatic rings. The monoisotopic (exact) mass is 378 g/mol. The normalized spacial score (nSPS) is 13.7. The van der Waals surface area contributed by atoms with Crippen LogP contribution >= 0.6 is 0 Å². The number of rotatable bonds is 2. The van der Waals surface area contributed by atoms with Gasteiger partial charge in [-0.2, -0.15) is 0 Å². The van der Waals surface area contributed by atoms with Crippen LogP contribution in [-0.2, 0) is 4.74 Å². The lowest BCUT2D eigenvalue weighted by Gasteiger charge is -2.20. The maximum Gasteiger partial charge on any atom is 0.228 e. The number of hydrogen-bond acceptors (Lipinski definition) is 6. The van der Waals surface area contributed by atoms with Crippen molar-refractivity contribution in [1.29, 1.82) is 0 Å². The number of methoxy groups -OCH3 is 2. The zero-order valence-electron chi connectivity index (χ0n) is 16.2. The Balaban J connectivity index is 2.23. The molecule has 0 fully saturated rings. The number of aryl methyl sites for hydroxylation is 3. The van der Waals surface area contributed by atoms with E-state index in [9.17, 15) is 14.4 Å². The molecule has 0 saturated heterocycles. The molecule has 0 unspecified atom stereocenters. The second kappa shape index (κ2) is 6.05. The third-order valence-electron chi connectivity index (χ3n) is 5.30. The van der Waals surface area contributed by atoms with Crippen LogP contribution in [0.25, 0.3) is 21.9 Å². The van der Waals surface area contributed by atoms with E-state index < -0.39 is 5.78 Å². The van der Waals surface area contributed by atoms with Crippen molar-refractivity contribution in [2.24, 2.45) is 0 Å². The molecule has 0 saturated carbocycles. The largest absolute Gasteiger partial charge is 0.497 e. The number of carbonyl (C=O) groups excluding carboxylic acids is 2. The number of benzene rings is 2. The van der Waals surface area contributed by atoms with Crippen molar-refractivity contribution >= 4 is 33.5 Å². The minimum absolute atomic E-state index is 0.0278. The molecule has 1 aromatic heterocycles. The van der Waals surface area contributed by atoms with Crippen molar-refractivity contribution in [2.75, 3.05) is 14.2 Å². The summed E-state index contributed by atoms with van der Waals surface area (Å²) in [5.41, 5.74) is 2.46. The maximum absolute atomic E-state index is 13.3. The summed E-state index contributed by atoms with van der Waals surface area (Å²) < 4.78 is 16.4. The van der Waals surface area contributed by atoms with E-state index in [-0.39, 0.29) is 28.1 Å². The number of carbonyl (C=O) groups is 2. The van der Waals surface area contributed by atoms with Crippen LogP contribution in [0.2, 0.25) is 0 Å². The number of allylic oxidation sites excluding steroid dienone is 2. The quantitative estimate of drug-likeness (QED) is 0.631. The van der Waals surface area contributed by atoms with E-state index in [1.807, 2.05) is 0 Å². The molecule has 142 valence electrons. The van der Waals surface area contributed by atoms with Crippen molar-refractivity contribution in [3.63, 3.8) is 0 Å². The zero-order chi connectivity index (χ0) is 20.3. The molecule has 0 aliphatic heterocycles. The first kappa shape index (κ1) is 18.0. The van der Waals surface area contributed by atoms with Crippen LogP contribution in [-0.4, -0.2) is 25.8 Å². The van der Waals surface area contributed by atoms with Gasteiger partial charge in [0.25, 0.3) is 0 Å². The smallest absolute Gasteiger partial charge is 0.228 e. The van der Waals surface area contributed by atoms with E-state index in [0.29, 0.717) is 44.4 Å². The highest BCUT2D eigenvalue weighted by Crippen LogP contribution is 2.35. The molecular formula is C22H18O6. The molecule has 1 aliphatic carbocycles. The van der Waals surface area contributed by atoms with Crippen molar-refractivity contribution in [2.45, 2.75) is 20.8 Å². The highest BCUT2D eigenvalue weighted by molar-refractivity contribution is 6.26. The Labute approximate surface area is 160 Å². The van der Waals surface area contributed by atoms with Gasteiger partial charge >= 0.3 is 0 Å². The highest BCUT2D eigenvalue weighted by atomic mass is 16.5. The average molecular weight is 378 g/mol. The van der Waals surface area contributed by atoms with E-state index in [2.05, 4.69) is 0 Å². The predicted octanol–water partition coefficient (Wildman–Crippen LogP) is 3.79. The van der Waals surface area contributed by atoms with Crippen molar-refractivity contribution in [3.8, 4) is 5.75 Å². The van der Waals surface area contributed by atoms with Crippen LogP contribution in [0.15, 0.2) is 33.2 Å². The lowest BCUT2D eigenvalue weighted by atomic mass is 9.84. The molecule has 6 heteroatoms. The first-order valence-electron chi connectivity index (χ1n) is 8.73. The van der Waals surface area contributed by atoms with Gasteiger partial charge in [-0.15, -0.1) is 0 Å². The lowest BCUT2D eigenvalue weighted by Crippen LogP contribution is -2.22. The standard InChI is InChI=1S/C22H18O6/c1-9-6-12(26-4)7-14-16(9)21(25)19-10(2)17-13(23)8-15(27-5)20(24)18(17)11(3)22(19)28-14/h6-8H,1-5H3. The van der Waals surface area contributed by atoms with Gasteiger partial charge in [-0.25, -0.2) is 0 Å². The summed E-state index contributed by atoms with van der Waals surface area (Å²) in [6.07, 6.45) is 1.17. The summed E-state index contributed by atoms with van der Waals surface area (Å²) >= 11 is 0.